The molecule has 0 radical (unpaired) electrons. The summed E-state index contributed by atoms with van der Waals surface area (Å²) in [5.74, 6) is -0.535. The predicted octanol–water partition coefficient (Wildman–Crippen LogP) is 2.23. The van der Waals surface area contributed by atoms with Crippen LogP contribution in [-0.2, 0) is 4.74 Å². The van der Waals surface area contributed by atoms with Gasteiger partial charge in [-0.15, -0.1) is 0 Å². The third-order valence-corrected chi connectivity index (χ3v) is 4.38. The number of amides is 1. The molecule has 2 N–H and O–H groups in total. The Balaban J connectivity index is 1.81. The van der Waals surface area contributed by atoms with Gasteiger partial charge < -0.3 is 15.4 Å². The summed E-state index contributed by atoms with van der Waals surface area (Å²) >= 11 is 0. The van der Waals surface area contributed by atoms with E-state index in [1.54, 1.807) is 18.5 Å². The number of pyridine rings is 2. The van der Waals surface area contributed by atoms with Crippen LogP contribution in [0.5, 0.6) is 0 Å². The lowest BCUT2D eigenvalue weighted by molar-refractivity contribution is 0.0996. The van der Waals surface area contributed by atoms with Crippen LogP contribution in [0.25, 0.3) is 22.0 Å². The van der Waals surface area contributed by atoms with E-state index in [0.29, 0.717) is 0 Å². The first-order valence-corrected chi connectivity index (χ1v) is 8.20. The molecule has 0 bridgehead atoms. The molecular weight excluding hydrogens is 316 g/mol. The number of carbonyl (C=O) groups is 1. The number of hydrogen-bond acceptors (Lipinski definition) is 5. The summed E-state index contributed by atoms with van der Waals surface area (Å²) in [6, 6.07) is 11.7. The van der Waals surface area contributed by atoms with E-state index in [1.807, 2.05) is 18.2 Å². The zero-order valence-electron chi connectivity index (χ0n) is 13.7. The molecule has 0 unspecified atom stereocenters. The van der Waals surface area contributed by atoms with Crippen molar-refractivity contribution in [2.75, 3.05) is 31.2 Å². The maximum atomic E-state index is 11.5. The second-order valence-corrected chi connectivity index (χ2v) is 5.97. The molecule has 0 saturated carbocycles. The lowest BCUT2D eigenvalue weighted by atomic mass is 10.0. The Morgan fingerprint density at radius 3 is 2.76 bits per heavy atom. The molecule has 25 heavy (non-hydrogen) atoms. The molecule has 0 atom stereocenters. The van der Waals surface area contributed by atoms with Crippen molar-refractivity contribution in [1.82, 2.24) is 9.97 Å². The molecule has 4 rings (SSSR count). The van der Waals surface area contributed by atoms with Gasteiger partial charge in [-0.25, -0.2) is 4.98 Å². The van der Waals surface area contributed by atoms with Crippen molar-refractivity contribution in [2.24, 2.45) is 5.73 Å². The third-order valence-electron chi connectivity index (χ3n) is 4.38. The highest BCUT2D eigenvalue weighted by Gasteiger charge is 2.14. The van der Waals surface area contributed by atoms with Crippen LogP contribution >= 0.6 is 0 Å². The predicted molar refractivity (Wildman–Crippen MR) is 96.5 cm³/mol. The van der Waals surface area contributed by atoms with Crippen LogP contribution in [0.3, 0.4) is 0 Å². The fraction of sp³-hybridized carbons (Fsp3) is 0.211. The zero-order chi connectivity index (χ0) is 17.2. The number of primary amides is 1. The number of ether oxygens (including phenoxy) is 1. The van der Waals surface area contributed by atoms with E-state index in [-0.39, 0.29) is 5.69 Å². The average molecular weight is 334 g/mol. The molecule has 126 valence electrons. The molecule has 2 aromatic heterocycles. The molecule has 1 fully saturated rings. The van der Waals surface area contributed by atoms with Gasteiger partial charge in [-0.1, -0.05) is 12.1 Å². The Hall–Kier alpha value is -2.99. The van der Waals surface area contributed by atoms with E-state index in [4.69, 9.17) is 10.5 Å². The molecule has 1 amide bonds. The van der Waals surface area contributed by atoms with Gasteiger partial charge in [0, 0.05) is 42.1 Å². The minimum atomic E-state index is -0.535. The zero-order valence-corrected chi connectivity index (χ0v) is 13.7. The maximum absolute atomic E-state index is 11.5. The van der Waals surface area contributed by atoms with Crippen LogP contribution in [0.2, 0.25) is 0 Å². The fourth-order valence-electron chi connectivity index (χ4n) is 3.08. The first-order chi connectivity index (χ1) is 12.2. The Kier molecular flexibility index (Phi) is 4.03. The smallest absolute Gasteiger partial charge is 0.267 e. The summed E-state index contributed by atoms with van der Waals surface area (Å²) in [5.41, 5.74) is 9.40. The first-order valence-electron chi connectivity index (χ1n) is 8.20. The van der Waals surface area contributed by atoms with E-state index < -0.39 is 5.91 Å². The van der Waals surface area contributed by atoms with E-state index >= 15 is 0 Å². The van der Waals surface area contributed by atoms with Crippen LogP contribution in [-0.4, -0.2) is 42.2 Å². The summed E-state index contributed by atoms with van der Waals surface area (Å²) in [7, 11) is 0. The molecule has 3 heterocycles. The van der Waals surface area contributed by atoms with Gasteiger partial charge in [0.1, 0.15) is 5.69 Å². The Labute approximate surface area is 145 Å². The summed E-state index contributed by atoms with van der Waals surface area (Å²) in [5, 5.41) is 0.874. The normalized spacial score (nSPS) is 14.6. The van der Waals surface area contributed by atoms with Crippen molar-refractivity contribution >= 4 is 22.5 Å². The molecule has 0 aliphatic carbocycles. The van der Waals surface area contributed by atoms with Gasteiger partial charge in [0.05, 0.1) is 18.7 Å². The summed E-state index contributed by atoms with van der Waals surface area (Å²) in [6.07, 6.45) is 3.51. The van der Waals surface area contributed by atoms with Gasteiger partial charge >= 0.3 is 0 Å². The van der Waals surface area contributed by atoms with Crippen LogP contribution in [0, 0.1) is 0 Å². The molecule has 1 aromatic carbocycles. The maximum Gasteiger partial charge on any atom is 0.267 e. The second-order valence-electron chi connectivity index (χ2n) is 5.97. The number of rotatable bonds is 3. The van der Waals surface area contributed by atoms with Crippen LogP contribution in [0.15, 0.2) is 48.8 Å². The number of fused-ring (bicyclic) bond motifs is 1. The fourth-order valence-corrected chi connectivity index (χ4v) is 3.08. The molecule has 3 aromatic rings. The SMILES string of the molecule is NC(=O)c1ccc2cncc(-c3cccc(N4CCOCC4)c3)c2n1. The van der Waals surface area contributed by atoms with Crippen molar-refractivity contribution in [3.8, 4) is 11.1 Å². The van der Waals surface area contributed by atoms with Gasteiger partial charge in [0.25, 0.3) is 5.91 Å². The standard InChI is InChI=1S/C19H18N4O2/c20-19(24)17-5-4-14-11-21-12-16(18(14)22-17)13-2-1-3-15(10-13)23-6-8-25-9-7-23/h1-5,10-12H,6-9H2,(H2,20,24). The number of aromatic nitrogens is 2. The number of hydrogen-bond donors (Lipinski definition) is 1. The molecule has 6 nitrogen and oxygen atoms in total. The van der Waals surface area contributed by atoms with Crippen LogP contribution in [0.1, 0.15) is 10.5 Å². The Bertz CT molecular complexity index is 936. The minimum absolute atomic E-state index is 0.254. The highest BCUT2D eigenvalue weighted by molar-refractivity contribution is 5.98. The number of benzene rings is 1. The quantitative estimate of drug-likeness (QED) is 0.794. The largest absolute Gasteiger partial charge is 0.378 e. The van der Waals surface area contributed by atoms with E-state index in [1.165, 1.54) is 0 Å². The highest BCUT2D eigenvalue weighted by atomic mass is 16.5. The van der Waals surface area contributed by atoms with Gasteiger partial charge in [-0.2, -0.15) is 0 Å². The molecule has 6 heteroatoms. The van der Waals surface area contributed by atoms with Gasteiger partial charge in [-0.05, 0) is 29.8 Å². The van der Waals surface area contributed by atoms with Gasteiger partial charge in [0.2, 0.25) is 0 Å². The van der Waals surface area contributed by atoms with Crippen molar-refractivity contribution in [1.29, 1.82) is 0 Å². The number of carbonyl (C=O) groups excluding carboxylic acids is 1. The van der Waals surface area contributed by atoms with Crippen LogP contribution in [0.4, 0.5) is 5.69 Å². The lowest BCUT2D eigenvalue weighted by Gasteiger charge is -2.29. The topological polar surface area (TPSA) is 81.3 Å². The van der Waals surface area contributed by atoms with Crippen molar-refractivity contribution in [3.05, 3.63) is 54.5 Å². The monoisotopic (exact) mass is 334 g/mol. The van der Waals surface area contributed by atoms with E-state index in [0.717, 1.165) is 54.0 Å². The first kappa shape index (κ1) is 15.5. The minimum Gasteiger partial charge on any atom is -0.378 e. The molecule has 1 aliphatic heterocycles. The number of nitrogens with zero attached hydrogens (tertiary/aromatic N) is 3. The van der Waals surface area contributed by atoms with Crippen molar-refractivity contribution in [2.45, 2.75) is 0 Å². The van der Waals surface area contributed by atoms with Gasteiger partial charge in [-0.3, -0.25) is 9.78 Å². The number of nitrogens with two attached hydrogens (primary N) is 1. The van der Waals surface area contributed by atoms with Gasteiger partial charge in [0.15, 0.2) is 0 Å². The number of morpholine rings is 1. The summed E-state index contributed by atoms with van der Waals surface area (Å²) in [4.78, 5) is 22.5. The Morgan fingerprint density at radius 1 is 1.12 bits per heavy atom. The van der Waals surface area contributed by atoms with E-state index in [2.05, 4.69) is 27.0 Å². The lowest BCUT2D eigenvalue weighted by Crippen LogP contribution is -2.36. The summed E-state index contributed by atoms with van der Waals surface area (Å²) < 4.78 is 5.42. The molecule has 1 saturated heterocycles. The highest BCUT2D eigenvalue weighted by Crippen LogP contribution is 2.29. The summed E-state index contributed by atoms with van der Waals surface area (Å²) in [6.45, 7) is 3.23. The van der Waals surface area contributed by atoms with Crippen molar-refractivity contribution < 1.29 is 9.53 Å². The van der Waals surface area contributed by atoms with E-state index in [9.17, 15) is 4.79 Å². The molecule has 0 spiro atoms. The van der Waals surface area contributed by atoms with Crippen molar-refractivity contribution in [3.63, 3.8) is 0 Å². The molecule has 1 aliphatic rings. The average Bonchev–Trinajstić information content (AvgIpc) is 2.68. The third kappa shape index (κ3) is 3.04. The Morgan fingerprint density at radius 2 is 1.96 bits per heavy atom. The molecular formula is C19H18N4O2. The number of anilines is 1. The van der Waals surface area contributed by atoms with Crippen LogP contribution < -0.4 is 10.6 Å². The second kappa shape index (κ2) is 6.49.